The van der Waals surface area contributed by atoms with Gasteiger partial charge >= 0.3 is 0 Å². The molecule has 1 aliphatic rings. The minimum Gasteiger partial charge on any atom is -0.508 e. The Balaban J connectivity index is 1.34. The second kappa shape index (κ2) is 9.97. The van der Waals surface area contributed by atoms with Gasteiger partial charge in [-0.2, -0.15) is 0 Å². The summed E-state index contributed by atoms with van der Waals surface area (Å²) in [7, 11) is 3.26. The third-order valence-electron chi connectivity index (χ3n) is 6.59. The van der Waals surface area contributed by atoms with E-state index >= 15 is 0 Å². The maximum Gasteiger partial charge on any atom is 0.228 e. The summed E-state index contributed by atoms with van der Waals surface area (Å²) in [6, 6.07) is 20.5. The standard InChI is InChI=1S/C29H25N5O5/c1-17(18-4-9-21(36-2)10-5-18)33-38-15-25-31-28-27-26(19-6-11-22(37-3)12-7-19)23-13-8-20(35)14-24(23)39-29(27)30-16-34(28)32-25/h4-14,16,26,35H,15H2,1-3H3/b33-17+/t26-/m0/s1. The van der Waals surface area contributed by atoms with E-state index in [-0.39, 0.29) is 18.3 Å². The lowest BCUT2D eigenvalue weighted by Crippen LogP contribution is -2.15. The Bertz CT molecular complexity index is 1680. The SMILES string of the molecule is COc1ccc(/C(C)=N/OCc2nc3c4c(ncn3n2)Oc2cc(O)ccc2[C@@H]4c2ccc(OC)cc2)cc1. The fourth-order valence-corrected chi connectivity index (χ4v) is 4.62. The van der Waals surface area contributed by atoms with Crippen LogP contribution in [0.25, 0.3) is 5.65 Å². The van der Waals surface area contributed by atoms with Crippen molar-refractivity contribution in [3.8, 4) is 28.9 Å². The Morgan fingerprint density at radius 2 is 1.72 bits per heavy atom. The van der Waals surface area contributed by atoms with Gasteiger partial charge in [0.15, 0.2) is 18.1 Å². The summed E-state index contributed by atoms with van der Waals surface area (Å²) in [6.45, 7) is 1.94. The highest BCUT2D eigenvalue weighted by Crippen LogP contribution is 2.48. The lowest BCUT2D eigenvalue weighted by molar-refractivity contribution is 0.125. The molecule has 0 saturated heterocycles. The topological polar surface area (TPSA) is 113 Å². The van der Waals surface area contributed by atoms with Crippen molar-refractivity contribution in [1.29, 1.82) is 0 Å². The monoisotopic (exact) mass is 523 g/mol. The molecule has 3 heterocycles. The summed E-state index contributed by atoms with van der Waals surface area (Å²) in [5, 5.41) is 18.9. The molecule has 0 saturated carbocycles. The number of hydrogen-bond acceptors (Lipinski definition) is 9. The summed E-state index contributed by atoms with van der Waals surface area (Å²) >= 11 is 0. The molecule has 1 aliphatic heterocycles. The molecule has 0 fully saturated rings. The Kier molecular flexibility index (Phi) is 6.20. The number of aromatic nitrogens is 4. The molecule has 0 radical (unpaired) electrons. The van der Waals surface area contributed by atoms with Crippen LogP contribution in [0.15, 0.2) is 78.2 Å². The van der Waals surface area contributed by atoms with Gasteiger partial charge in [0.05, 0.1) is 25.5 Å². The Morgan fingerprint density at radius 3 is 2.44 bits per heavy atom. The highest BCUT2D eigenvalue weighted by molar-refractivity contribution is 5.98. The molecule has 10 heteroatoms. The maximum absolute atomic E-state index is 10.1. The summed E-state index contributed by atoms with van der Waals surface area (Å²) in [4.78, 5) is 14.9. The van der Waals surface area contributed by atoms with E-state index in [2.05, 4.69) is 15.2 Å². The van der Waals surface area contributed by atoms with Crippen molar-refractivity contribution in [2.45, 2.75) is 19.4 Å². The van der Waals surface area contributed by atoms with E-state index < -0.39 is 0 Å². The molecule has 10 nitrogen and oxygen atoms in total. The van der Waals surface area contributed by atoms with Gasteiger partial charge in [-0.15, -0.1) is 5.10 Å². The lowest BCUT2D eigenvalue weighted by atomic mass is 9.84. The van der Waals surface area contributed by atoms with Gasteiger partial charge in [0.25, 0.3) is 0 Å². The third-order valence-corrected chi connectivity index (χ3v) is 6.59. The molecule has 5 aromatic rings. The van der Waals surface area contributed by atoms with E-state index in [1.165, 1.54) is 0 Å². The first kappa shape index (κ1) is 24.2. The zero-order chi connectivity index (χ0) is 26.9. The van der Waals surface area contributed by atoms with Gasteiger partial charge in [-0.25, -0.2) is 14.5 Å². The van der Waals surface area contributed by atoms with Gasteiger partial charge in [-0.05, 0) is 60.5 Å². The van der Waals surface area contributed by atoms with Crippen molar-refractivity contribution in [1.82, 2.24) is 19.6 Å². The van der Waals surface area contributed by atoms with E-state index in [4.69, 9.17) is 24.0 Å². The minimum atomic E-state index is -0.264. The van der Waals surface area contributed by atoms with Crippen LogP contribution in [0, 0.1) is 0 Å². The van der Waals surface area contributed by atoms with Crippen LogP contribution < -0.4 is 14.2 Å². The molecule has 0 unspecified atom stereocenters. The minimum absolute atomic E-state index is 0.0719. The molecule has 0 aliphatic carbocycles. The number of rotatable bonds is 7. The van der Waals surface area contributed by atoms with Gasteiger partial charge in [0, 0.05) is 17.5 Å². The van der Waals surface area contributed by atoms with Crippen LogP contribution in [-0.4, -0.2) is 44.6 Å². The molecular weight excluding hydrogens is 498 g/mol. The number of methoxy groups -OCH3 is 2. The predicted octanol–water partition coefficient (Wildman–Crippen LogP) is 5.07. The molecule has 1 N–H and O–H groups in total. The molecule has 196 valence electrons. The second-order valence-corrected chi connectivity index (χ2v) is 8.97. The van der Waals surface area contributed by atoms with E-state index in [1.807, 2.05) is 61.5 Å². The van der Waals surface area contributed by atoms with Crippen molar-refractivity contribution in [2.24, 2.45) is 5.16 Å². The van der Waals surface area contributed by atoms with Crippen molar-refractivity contribution < 1.29 is 24.2 Å². The summed E-state index contributed by atoms with van der Waals surface area (Å²) in [6.07, 6.45) is 1.55. The number of benzene rings is 3. The largest absolute Gasteiger partial charge is 0.508 e. The van der Waals surface area contributed by atoms with Gasteiger partial charge in [-0.3, -0.25) is 0 Å². The number of phenolic OH excluding ortho intramolecular Hbond substituents is 1. The van der Waals surface area contributed by atoms with E-state index in [9.17, 15) is 5.11 Å². The van der Waals surface area contributed by atoms with Crippen LogP contribution in [0.3, 0.4) is 0 Å². The Morgan fingerprint density at radius 1 is 1.00 bits per heavy atom. The first-order chi connectivity index (χ1) is 19.0. The van der Waals surface area contributed by atoms with Crippen molar-refractivity contribution in [2.75, 3.05) is 14.2 Å². The number of phenols is 1. The zero-order valence-corrected chi connectivity index (χ0v) is 21.5. The Hall–Kier alpha value is -5.12. The lowest BCUT2D eigenvalue weighted by Gasteiger charge is -2.28. The fraction of sp³-hybridized carbons (Fsp3) is 0.172. The summed E-state index contributed by atoms with van der Waals surface area (Å²) in [5.41, 5.74) is 4.85. The average Bonchev–Trinajstić information content (AvgIpc) is 3.39. The molecule has 0 amide bonds. The van der Waals surface area contributed by atoms with E-state index in [0.717, 1.165) is 33.8 Å². The van der Waals surface area contributed by atoms with Crippen LogP contribution in [0.4, 0.5) is 0 Å². The Labute approximate surface area is 224 Å². The van der Waals surface area contributed by atoms with Gasteiger partial charge in [-0.1, -0.05) is 23.4 Å². The first-order valence-corrected chi connectivity index (χ1v) is 12.2. The second-order valence-electron chi connectivity index (χ2n) is 8.97. The number of oxime groups is 1. The van der Waals surface area contributed by atoms with Gasteiger partial charge in [0.1, 0.15) is 29.3 Å². The quantitative estimate of drug-likeness (QED) is 0.228. The van der Waals surface area contributed by atoms with Crippen LogP contribution in [0.2, 0.25) is 0 Å². The summed E-state index contributed by atoms with van der Waals surface area (Å²) < 4.78 is 18.3. The fourth-order valence-electron chi connectivity index (χ4n) is 4.62. The van der Waals surface area contributed by atoms with Crippen molar-refractivity contribution in [3.05, 3.63) is 101 Å². The summed E-state index contributed by atoms with van der Waals surface area (Å²) in [5.74, 6) is 2.75. The number of aromatic hydroxyl groups is 1. The number of hydrogen-bond donors (Lipinski definition) is 1. The highest BCUT2D eigenvalue weighted by Gasteiger charge is 2.33. The van der Waals surface area contributed by atoms with Crippen LogP contribution >= 0.6 is 0 Å². The predicted molar refractivity (Wildman–Crippen MR) is 143 cm³/mol. The van der Waals surface area contributed by atoms with Crippen LogP contribution in [0.5, 0.6) is 28.9 Å². The highest BCUT2D eigenvalue weighted by atomic mass is 16.6. The first-order valence-electron chi connectivity index (χ1n) is 12.2. The number of nitrogens with zero attached hydrogens (tertiary/aromatic N) is 5. The molecule has 3 aromatic carbocycles. The molecule has 6 rings (SSSR count). The van der Waals surface area contributed by atoms with Gasteiger partial charge < -0.3 is 24.2 Å². The molecule has 1 atom stereocenters. The molecule has 2 aromatic heterocycles. The van der Waals surface area contributed by atoms with E-state index in [0.29, 0.717) is 28.8 Å². The molecule has 39 heavy (non-hydrogen) atoms. The van der Waals surface area contributed by atoms with Crippen molar-refractivity contribution >= 4 is 11.4 Å². The molecular formula is C29H25N5O5. The smallest absolute Gasteiger partial charge is 0.228 e. The molecule has 0 spiro atoms. The number of ether oxygens (including phenoxy) is 3. The average molecular weight is 524 g/mol. The van der Waals surface area contributed by atoms with Gasteiger partial charge in [0.2, 0.25) is 5.88 Å². The van der Waals surface area contributed by atoms with Crippen LogP contribution in [0.1, 0.15) is 40.9 Å². The molecule has 0 bridgehead atoms. The normalized spacial score (nSPS) is 14.3. The van der Waals surface area contributed by atoms with E-state index in [1.54, 1.807) is 37.2 Å². The van der Waals surface area contributed by atoms with Crippen molar-refractivity contribution in [3.63, 3.8) is 0 Å². The number of fused-ring (bicyclic) bond motifs is 4. The van der Waals surface area contributed by atoms with Crippen LogP contribution in [-0.2, 0) is 11.4 Å². The zero-order valence-electron chi connectivity index (χ0n) is 21.5. The third kappa shape index (κ3) is 4.56. The maximum atomic E-state index is 10.1.